The summed E-state index contributed by atoms with van der Waals surface area (Å²) in [6.07, 6.45) is 2.53. The van der Waals surface area contributed by atoms with Crippen molar-refractivity contribution in [1.29, 1.82) is 0 Å². The number of amides is 1. The molecule has 0 bridgehead atoms. The first-order valence-electron chi connectivity index (χ1n) is 9.69. The Kier molecular flexibility index (Phi) is 5.53. The van der Waals surface area contributed by atoms with Crippen molar-refractivity contribution in [2.24, 2.45) is 0 Å². The quantitative estimate of drug-likeness (QED) is 0.736. The lowest BCUT2D eigenvalue weighted by atomic mass is 9.94. The second kappa shape index (κ2) is 7.59. The summed E-state index contributed by atoms with van der Waals surface area (Å²) in [4.78, 5) is 12.9. The van der Waals surface area contributed by atoms with Gasteiger partial charge in [0.05, 0.1) is 10.3 Å². The summed E-state index contributed by atoms with van der Waals surface area (Å²) < 4.78 is 28.2. The minimum atomic E-state index is -3.66. The highest BCUT2D eigenvalue weighted by Gasteiger charge is 2.51. The maximum atomic E-state index is 12.8. The second-order valence-corrected chi connectivity index (χ2v) is 9.47. The monoisotopic (exact) mass is 400 g/mol. The molecule has 1 saturated carbocycles. The van der Waals surface area contributed by atoms with Gasteiger partial charge < -0.3 is 5.32 Å². The number of hydrogen-bond donors (Lipinski definition) is 2. The van der Waals surface area contributed by atoms with Gasteiger partial charge in [-0.25, -0.2) is 8.42 Å². The van der Waals surface area contributed by atoms with Crippen LogP contribution < -0.4 is 10.0 Å². The van der Waals surface area contributed by atoms with Gasteiger partial charge in [-0.15, -0.1) is 0 Å². The highest BCUT2D eigenvalue weighted by molar-refractivity contribution is 7.92. The number of anilines is 1. The molecule has 5 nitrogen and oxygen atoms in total. The Bertz CT molecular complexity index is 977. The molecule has 150 valence electrons. The van der Waals surface area contributed by atoms with E-state index in [1.807, 2.05) is 39.0 Å². The van der Waals surface area contributed by atoms with Crippen molar-refractivity contribution < 1.29 is 13.2 Å². The maximum Gasteiger partial charge on any atom is 0.262 e. The minimum absolute atomic E-state index is 0.0607. The average Bonchev–Trinajstić information content (AvgIpc) is 3.46. The van der Waals surface area contributed by atoms with Crippen LogP contribution in [0.5, 0.6) is 0 Å². The van der Waals surface area contributed by atoms with E-state index in [0.29, 0.717) is 11.3 Å². The maximum absolute atomic E-state index is 12.8. The van der Waals surface area contributed by atoms with Crippen molar-refractivity contribution >= 4 is 21.6 Å². The van der Waals surface area contributed by atoms with Crippen LogP contribution in [0.2, 0.25) is 0 Å². The predicted molar refractivity (Wildman–Crippen MR) is 112 cm³/mol. The number of hydrogen-bond acceptors (Lipinski definition) is 3. The molecule has 2 aromatic rings. The van der Waals surface area contributed by atoms with Crippen molar-refractivity contribution in [3.8, 4) is 0 Å². The van der Waals surface area contributed by atoms with Gasteiger partial charge in [0.2, 0.25) is 5.91 Å². The summed E-state index contributed by atoms with van der Waals surface area (Å²) in [7, 11) is -3.66. The fourth-order valence-corrected chi connectivity index (χ4v) is 4.69. The first kappa shape index (κ1) is 20.4. The van der Waals surface area contributed by atoms with Crippen LogP contribution in [0.15, 0.2) is 47.4 Å². The van der Waals surface area contributed by atoms with Gasteiger partial charge in [-0.2, -0.15) is 0 Å². The van der Waals surface area contributed by atoms with E-state index >= 15 is 0 Å². The van der Waals surface area contributed by atoms with Crippen molar-refractivity contribution in [2.45, 2.75) is 63.3 Å². The molecule has 2 aromatic carbocycles. The van der Waals surface area contributed by atoms with Gasteiger partial charge in [0, 0.05) is 11.7 Å². The molecule has 1 amide bonds. The van der Waals surface area contributed by atoms with Gasteiger partial charge in [0.25, 0.3) is 10.0 Å². The van der Waals surface area contributed by atoms with Gasteiger partial charge in [0.1, 0.15) is 0 Å². The van der Waals surface area contributed by atoms with Gasteiger partial charge in [-0.1, -0.05) is 31.2 Å². The zero-order valence-corrected chi connectivity index (χ0v) is 17.7. The molecule has 0 radical (unpaired) electrons. The van der Waals surface area contributed by atoms with Crippen LogP contribution in [0.25, 0.3) is 0 Å². The molecule has 6 heteroatoms. The normalized spacial score (nSPS) is 16.3. The molecule has 2 N–H and O–H groups in total. The molecular weight excluding hydrogens is 372 g/mol. The second-order valence-electron chi connectivity index (χ2n) is 7.82. The average molecular weight is 401 g/mol. The predicted octanol–water partition coefficient (Wildman–Crippen LogP) is 4.05. The molecule has 0 aliphatic heterocycles. The standard InChI is InChI=1S/C22H28N2O3S/c1-5-17(4)23-21(25)22(12-13-22)18-8-10-19(11-9-18)24-28(26,27)20-14-15(2)6-7-16(20)3/h6-11,14,17,24H,5,12-13H2,1-4H3,(H,23,25)/t17-/m1/s1. The van der Waals surface area contributed by atoms with Crippen molar-refractivity contribution in [3.63, 3.8) is 0 Å². The fourth-order valence-electron chi connectivity index (χ4n) is 3.30. The molecule has 0 heterocycles. The zero-order chi connectivity index (χ0) is 20.5. The van der Waals surface area contributed by atoms with Gasteiger partial charge in [-0.3, -0.25) is 9.52 Å². The van der Waals surface area contributed by atoms with Crippen molar-refractivity contribution in [1.82, 2.24) is 5.32 Å². The van der Waals surface area contributed by atoms with E-state index in [2.05, 4.69) is 10.0 Å². The van der Waals surface area contributed by atoms with E-state index in [9.17, 15) is 13.2 Å². The lowest BCUT2D eigenvalue weighted by Gasteiger charge is -2.19. The van der Waals surface area contributed by atoms with E-state index in [-0.39, 0.29) is 16.8 Å². The van der Waals surface area contributed by atoms with E-state index in [0.717, 1.165) is 30.4 Å². The summed E-state index contributed by atoms with van der Waals surface area (Å²) in [6, 6.07) is 12.7. The summed E-state index contributed by atoms with van der Waals surface area (Å²) in [5.41, 5.74) is 2.55. The first-order chi connectivity index (χ1) is 13.2. The number of nitrogens with one attached hydrogen (secondary N) is 2. The molecule has 0 spiro atoms. The van der Waals surface area contributed by atoms with Crippen molar-refractivity contribution in [2.75, 3.05) is 4.72 Å². The number of carbonyl (C=O) groups is 1. The Morgan fingerprint density at radius 1 is 1.11 bits per heavy atom. The van der Waals surface area contributed by atoms with Crippen LogP contribution in [0.3, 0.4) is 0 Å². The van der Waals surface area contributed by atoms with Gasteiger partial charge in [-0.05, 0) is 74.9 Å². The van der Waals surface area contributed by atoms with Crippen LogP contribution in [-0.2, 0) is 20.2 Å². The number of aryl methyl sites for hydroxylation is 2. The fraction of sp³-hybridized carbons (Fsp3) is 0.409. The highest BCUT2D eigenvalue weighted by atomic mass is 32.2. The zero-order valence-electron chi connectivity index (χ0n) is 16.9. The number of rotatable bonds is 7. The Balaban J connectivity index is 1.78. The molecule has 3 rings (SSSR count). The van der Waals surface area contributed by atoms with Gasteiger partial charge in [0.15, 0.2) is 0 Å². The lowest BCUT2D eigenvalue weighted by molar-refractivity contribution is -0.124. The summed E-state index contributed by atoms with van der Waals surface area (Å²) >= 11 is 0. The smallest absolute Gasteiger partial charge is 0.262 e. The third-order valence-electron chi connectivity index (χ3n) is 5.50. The molecule has 0 saturated heterocycles. The van der Waals surface area contributed by atoms with Gasteiger partial charge >= 0.3 is 0 Å². The third kappa shape index (κ3) is 4.07. The Morgan fingerprint density at radius 3 is 2.32 bits per heavy atom. The van der Waals surface area contributed by atoms with Crippen LogP contribution in [-0.4, -0.2) is 20.4 Å². The third-order valence-corrected chi connectivity index (χ3v) is 7.02. The summed E-state index contributed by atoms with van der Waals surface area (Å²) in [5, 5.41) is 3.07. The SMILES string of the molecule is CC[C@@H](C)NC(=O)C1(c2ccc(NS(=O)(=O)c3cc(C)ccc3C)cc2)CC1. The van der Waals surface area contributed by atoms with E-state index < -0.39 is 15.4 Å². The summed E-state index contributed by atoms with van der Waals surface area (Å²) in [6.45, 7) is 7.69. The van der Waals surface area contributed by atoms with Crippen LogP contribution >= 0.6 is 0 Å². The molecule has 1 aliphatic rings. The molecule has 28 heavy (non-hydrogen) atoms. The molecule has 0 unspecified atom stereocenters. The molecule has 1 fully saturated rings. The van der Waals surface area contributed by atoms with E-state index in [1.54, 1.807) is 31.2 Å². The van der Waals surface area contributed by atoms with Crippen LogP contribution in [0.4, 0.5) is 5.69 Å². The number of benzene rings is 2. The van der Waals surface area contributed by atoms with E-state index in [1.165, 1.54) is 0 Å². The highest BCUT2D eigenvalue weighted by Crippen LogP contribution is 2.48. The first-order valence-corrected chi connectivity index (χ1v) is 11.2. The summed E-state index contributed by atoms with van der Waals surface area (Å²) in [5.74, 6) is 0.0607. The van der Waals surface area contributed by atoms with Crippen LogP contribution in [0.1, 0.15) is 49.8 Å². The Labute approximate surface area is 167 Å². The van der Waals surface area contributed by atoms with E-state index in [4.69, 9.17) is 0 Å². The Morgan fingerprint density at radius 2 is 1.75 bits per heavy atom. The largest absolute Gasteiger partial charge is 0.353 e. The molecule has 1 atom stereocenters. The topological polar surface area (TPSA) is 75.3 Å². The minimum Gasteiger partial charge on any atom is -0.353 e. The molecule has 1 aliphatic carbocycles. The van der Waals surface area contributed by atoms with Crippen LogP contribution in [0, 0.1) is 13.8 Å². The Hall–Kier alpha value is -2.34. The number of sulfonamides is 1. The molecular formula is C22H28N2O3S. The molecule has 0 aromatic heterocycles. The lowest BCUT2D eigenvalue weighted by Crippen LogP contribution is -2.39. The van der Waals surface area contributed by atoms with Crippen molar-refractivity contribution in [3.05, 3.63) is 59.2 Å². The number of carbonyl (C=O) groups excluding carboxylic acids is 1.